The van der Waals surface area contributed by atoms with Gasteiger partial charge in [-0.2, -0.15) is 0 Å². The summed E-state index contributed by atoms with van der Waals surface area (Å²) < 4.78 is 5.76. The molecule has 0 N–H and O–H groups in total. The lowest BCUT2D eigenvalue weighted by Crippen LogP contribution is -2.25. The van der Waals surface area contributed by atoms with Gasteiger partial charge in [0.25, 0.3) is 0 Å². The number of aromatic nitrogens is 2. The Labute approximate surface area is 237 Å². The van der Waals surface area contributed by atoms with Crippen LogP contribution in [0.2, 0.25) is 0 Å². The molecular formula is C35H52N2O2. The van der Waals surface area contributed by atoms with Gasteiger partial charge < -0.3 is 4.74 Å². The van der Waals surface area contributed by atoms with Gasteiger partial charge in [0.1, 0.15) is 5.75 Å². The van der Waals surface area contributed by atoms with Crippen molar-refractivity contribution >= 4 is 5.97 Å². The lowest BCUT2D eigenvalue weighted by atomic mass is 9.77. The average molecular weight is 533 g/mol. The van der Waals surface area contributed by atoms with E-state index in [4.69, 9.17) is 14.7 Å². The molecule has 0 saturated heterocycles. The second-order valence-corrected chi connectivity index (χ2v) is 12.4. The average Bonchev–Trinajstić information content (AvgIpc) is 2.98. The van der Waals surface area contributed by atoms with E-state index in [1.165, 1.54) is 108 Å². The Morgan fingerprint density at radius 3 is 1.87 bits per heavy atom. The second-order valence-electron chi connectivity index (χ2n) is 12.4. The second kappa shape index (κ2) is 16.1. The van der Waals surface area contributed by atoms with Gasteiger partial charge in [-0.1, -0.05) is 78.1 Å². The van der Waals surface area contributed by atoms with Crippen LogP contribution in [-0.2, 0) is 4.79 Å². The molecule has 4 rings (SSSR count). The maximum absolute atomic E-state index is 12.8. The summed E-state index contributed by atoms with van der Waals surface area (Å²) in [6.45, 7) is 4.55. The first-order valence-electron chi connectivity index (χ1n) is 16.3. The van der Waals surface area contributed by atoms with Crippen molar-refractivity contribution in [3.05, 3.63) is 42.2 Å². The van der Waals surface area contributed by atoms with Gasteiger partial charge in [-0.05, 0) is 98.9 Å². The lowest BCUT2D eigenvalue weighted by molar-refractivity contribution is -0.140. The van der Waals surface area contributed by atoms with E-state index in [2.05, 4.69) is 13.8 Å². The zero-order valence-electron chi connectivity index (χ0n) is 24.7. The number of ether oxygens (including phenoxy) is 1. The Bertz CT molecular complexity index is 955. The summed E-state index contributed by atoms with van der Waals surface area (Å²) in [6.07, 6.45) is 27.1. The molecule has 2 saturated carbocycles. The van der Waals surface area contributed by atoms with Crippen molar-refractivity contribution in [2.24, 2.45) is 17.8 Å². The van der Waals surface area contributed by atoms with Gasteiger partial charge in [-0.15, -0.1) is 0 Å². The molecular weight excluding hydrogens is 480 g/mol. The third kappa shape index (κ3) is 9.43. The summed E-state index contributed by atoms with van der Waals surface area (Å²) in [7, 11) is 0. The number of hydrogen-bond donors (Lipinski definition) is 0. The molecule has 0 spiro atoms. The summed E-state index contributed by atoms with van der Waals surface area (Å²) >= 11 is 0. The first kappa shape index (κ1) is 29.7. The van der Waals surface area contributed by atoms with Crippen LogP contribution < -0.4 is 4.74 Å². The molecule has 0 atom stereocenters. The smallest absolute Gasteiger partial charge is 0.314 e. The summed E-state index contributed by atoms with van der Waals surface area (Å²) in [5.74, 6) is 3.65. The molecule has 1 aromatic heterocycles. The molecule has 0 aliphatic heterocycles. The van der Waals surface area contributed by atoms with Crippen molar-refractivity contribution in [3.8, 4) is 17.1 Å². The molecule has 0 unspecified atom stereocenters. The molecule has 1 heterocycles. The zero-order valence-corrected chi connectivity index (χ0v) is 24.7. The summed E-state index contributed by atoms with van der Waals surface area (Å²) in [5, 5.41) is 0. The normalized spacial score (nSPS) is 23.4. The summed E-state index contributed by atoms with van der Waals surface area (Å²) in [4.78, 5) is 22.2. The van der Waals surface area contributed by atoms with Crippen LogP contribution in [0.3, 0.4) is 0 Å². The molecule has 4 nitrogen and oxygen atoms in total. The van der Waals surface area contributed by atoms with E-state index in [9.17, 15) is 4.79 Å². The number of esters is 1. The summed E-state index contributed by atoms with van der Waals surface area (Å²) in [6, 6.07) is 7.70. The fourth-order valence-corrected chi connectivity index (χ4v) is 6.76. The van der Waals surface area contributed by atoms with Gasteiger partial charge in [0.2, 0.25) is 0 Å². The standard InChI is InChI=1S/C35H52N2O2/c1-3-5-7-8-10-12-28-15-19-31(20-16-28)35(38)39-33-23-21-30(22-24-33)34-36-25-32(26-37-34)29-17-13-27(14-18-29)11-9-6-4-2/h21-29,31H,3-20H2,1-2H3. The highest BCUT2D eigenvalue weighted by Gasteiger charge is 2.27. The maximum Gasteiger partial charge on any atom is 0.314 e. The van der Waals surface area contributed by atoms with Crippen LogP contribution in [0.1, 0.15) is 141 Å². The highest BCUT2D eigenvalue weighted by Crippen LogP contribution is 2.38. The number of hydrogen-bond acceptors (Lipinski definition) is 4. The molecule has 2 aliphatic rings. The van der Waals surface area contributed by atoms with E-state index in [0.717, 1.165) is 36.1 Å². The third-order valence-corrected chi connectivity index (χ3v) is 9.43. The van der Waals surface area contributed by atoms with Crippen molar-refractivity contribution in [2.75, 3.05) is 0 Å². The number of rotatable bonds is 14. The van der Waals surface area contributed by atoms with Crippen LogP contribution in [-0.4, -0.2) is 15.9 Å². The van der Waals surface area contributed by atoms with E-state index in [-0.39, 0.29) is 11.9 Å². The van der Waals surface area contributed by atoms with Gasteiger partial charge in [-0.25, -0.2) is 9.97 Å². The number of carbonyl (C=O) groups is 1. The quantitative estimate of drug-likeness (QED) is 0.138. The Balaban J connectivity index is 1.19. The largest absolute Gasteiger partial charge is 0.426 e. The van der Waals surface area contributed by atoms with Crippen molar-refractivity contribution in [2.45, 2.75) is 135 Å². The van der Waals surface area contributed by atoms with Crippen LogP contribution in [0.15, 0.2) is 36.7 Å². The van der Waals surface area contributed by atoms with E-state index in [1.807, 2.05) is 36.7 Å². The highest BCUT2D eigenvalue weighted by atomic mass is 16.5. The maximum atomic E-state index is 12.8. The van der Waals surface area contributed by atoms with Gasteiger partial charge in [0.05, 0.1) is 5.92 Å². The Morgan fingerprint density at radius 2 is 1.26 bits per heavy atom. The molecule has 39 heavy (non-hydrogen) atoms. The van der Waals surface area contributed by atoms with Crippen LogP contribution >= 0.6 is 0 Å². The van der Waals surface area contributed by atoms with Crippen molar-refractivity contribution in [1.82, 2.24) is 9.97 Å². The van der Waals surface area contributed by atoms with Crippen molar-refractivity contribution < 1.29 is 9.53 Å². The third-order valence-electron chi connectivity index (χ3n) is 9.43. The Hall–Kier alpha value is -2.23. The fourth-order valence-electron chi connectivity index (χ4n) is 6.76. The monoisotopic (exact) mass is 532 g/mol. The predicted molar refractivity (Wildman–Crippen MR) is 161 cm³/mol. The van der Waals surface area contributed by atoms with Gasteiger partial charge in [0.15, 0.2) is 5.82 Å². The lowest BCUT2D eigenvalue weighted by Gasteiger charge is -2.28. The molecule has 0 bridgehead atoms. The van der Waals surface area contributed by atoms with Crippen LogP contribution in [0.5, 0.6) is 5.75 Å². The van der Waals surface area contributed by atoms with E-state index in [1.54, 1.807) is 0 Å². The number of carbonyl (C=O) groups excluding carboxylic acids is 1. The van der Waals surface area contributed by atoms with Crippen molar-refractivity contribution in [3.63, 3.8) is 0 Å². The molecule has 2 aliphatic carbocycles. The van der Waals surface area contributed by atoms with Gasteiger partial charge in [0, 0.05) is 18.0 Å². The SMILES string of the molecule is CCCCCCCC1CCC(C(=O)Oc2ccc(-c3ncc(C4CCC(CCCCC)CC4)cn3)cc2)CC1. The molecule has 2 aromatic rings. The Morgan fingerprint density at radius 1 is 0.718 bits per heavy atom. The minimum atomic E-state index is -0.0650. The topological polar surface area (TPSA) is 52.1 Å². The van der Waals surface area contributed by atoms with Crippen LogP contribution in [0.4, 0.5) is 0 Å². The molecule has 1 aromatic carbocycles. The molecule has 0 amide bonds. The van der Waals surface area contributed by atoms with E-state index in [0.29, 0.717) is 11.7 Å². The van der Waals surface area contributed by atoms with Crippen LogP contribution in [0, 0.1) is 17.8 Å². The molecule has 4 heteroatoms. The van der Waals surface area contributed by atoms with Crippen LogP contribution in [0.25, 0.3) is 11.4 Å². The zero-order chi connectivity index (χ0) is 27.3. The number of nitrogens with zero attached hydrogens (tertiary/aromatic N) is 2. The van der Waals surface area contributed by atoms with Crippen molar-refractivity contribution in [1.29, 1.82) is 0 Å². The molecule has 214 valence electrons. The Kier molecular flexibility index (Phi) is 12.3. The number of unbranched alkanes of at least 4 members (excludes halogenated alkanes) is 6. The van der Waals surface area contributed by atoms with E-state index < -0.39 is 0 Å². The fraction of sp³-hybridized carbons (Fsp3) is 0.686. The molecule has 2 fully saturated rings. The first-order chi connectivity index (χ1) is 19.2. The van der Waals surface area contributed by atoms with E-state index >= 15 is 0 Å². The minimum Gasteiger partial charge on any atom is -0.426 e. The molecule has 0 radical (unpaired) electrons. The first-order valence-corrected chi connectivity index (χ1v) is 16.3. The summed E-state index contributed by atoms with van der Waals surface area (Å²) in [5.41, 5.74) is 2.24. The number of benzene rings is 1. The highest BCUT2D eigenvalue weighted by molar-refractivity contribution is 5.75. The van der Waals surface area contributed by atoms with Gasteiger partial charge >= 0.3 is 5.97 Å². The minimum absolute atomic E-state index is 0.0447. The predicted octanol–water partition coefficient (Wildman–Crippen LogP) is 10.1. The van der Waals surface area contributed by atoms with Gasteiger partial charge in [-0.3, -0.25) is 4.79 Å².